The highest BCUT2D eigenvalue weighted by Gasteiger charge is 2.34. The van der Waals surface area contributed by atoms with Crippen LogP contribution in [0.15, 0.2) is 22.8 Å². The standard InChI is InChI=1S/C24H40O6S/c1-4-5-7-10-18(25)12-13-19-20(26)16-21(30-23(29)15-17(2)3)24(19)31-14-9-6-8-11-22(27)28/h12-13,17-20,25-26H,4-11,14-16H2,1-3H3,(H,27,28)/t18-,19-,20+/m0/s1. The summed E-state index contributed by atoms with van der Waals surface area (Å²) in [5, 5.41) is 29.6. The lowest BCUT2D eigenvalue weighted by molar-refractivity contribution is -0.140. The number of rotatable bonds is 16. The molecule has 3 atom stereocenters. The van der Waals surface area contributed by atoms with Crippen molar-refractivity contribution >= 4 is 23.7 Å². The Kier molecular flexibility index (Phi) is 13.8. The summed E-state index contributed by atoms with van der Waals surface area (Å²) in [6.45, 7) is 6.03. The van der Waals surface area contributed by atoms with Crippen LogP contribution in [0.4, 0.5) is 0 Å². The number of aliphatic hydroxyl groups is 2. The molecule has 0 unspecified atom stereocenters. The number of ether oxygens (including phenoxy) is 1. The molecule has 0 saturated carbocycles. The molecule has 0 aromatic rings. The van der Waals surface area contributed by atoms with Crippen LogP contribution < -0.4 is 0 Å². The van der Waals surface area contributed by atoms with Crippen molar-refractivity contribution in [1.82, 2.24) is 0 Å². The molecular weight excluding hydrogens is 416 g/mol. The molecule has 1 rings (SSSR count). The number of esters is 1. The predicted molar refractivity (Wildman–Crippen MR) is 125 cm³/mol. The van der Waals surface area contributed by atoms with Gasteiger partial charge in [-0.3, -0.25) is 9.59 Å². The van der Waals surface area contributed by atoms with Crippen molar-refractivity contribution in [2.75, 3.05) is 5.75 Å². The molecule has 7 heteroatoms. The second-order valence-electron chi connectivity index (χ2n) is 8.66. The molecule has 0 heterocycles. The molecule has 0 bridgehead atoms. The number of aliphatic carboxylic acids is 1. The van der Waals surface area contributed by atoms with E-state index in [4.69, 9.17) is 9.84 Å². The molecule has 31 heavy (non-hydrogen) atoms. The van der Waals surface area contributed by atoms with E-state index in [2.05, 4.69) is 6.92 Å². The summed E-state index contributed by atoms with van der Waals surface area (Å²) < 4.78 is 5.62. The zero-order valence-electron chi connectivity index (χ0n) is 19.2. The number of unbranched alkanes of at least 4 members (excludes halogenated alkanes) is 4. The molecule has 0 radical (unpaired) electrons. The first kappa shape index (κ1) is 27.7. The normalized spacial score (nSPS) is 20.1. The van der Waals surface area contributed by atoms with Crippen molar-refractivity contribution in [1.29, 1.82) is 0 Å². The minimum absolute atomic E-state index is 0.172. The average Bonchev–Trinajstić information content (AvgIpc) is 2.96. The fourth-order valence-electron chi connectivity index (χ4n) is 3.46. The van der Waals surface area contributed by atoms with Gasteiger partial charge in [-0.2, -0.15) is 0 Å². The number of thioether (sulfide) groups is 1. The fraction of sp³-hybridized carbons (Fsp3) is 0.750. The summed E-state index contributed by atoms with van der Waals surface area (Å²) in [6.07, 6.45) is 9.27. The van der Waals surface area contributed by atoms with Crippen LogP contribution in [0.5, 0.6) is 0 Å². The van der Waals surface area contributed by atoms with Gasteiger partial charge >= 0.3 is 11.9 Å². The minimum Gasteiger partial charge on any atom is -0.481 e. The van der Waals surface area contributed by atoms with E-state index < -0.39 is 18.2 Å². The lowest BCUT2D eigenvalue weighted by Crippen LogP contribution is -2.14. The molecule has 0 aromatic heterocycles. The summed E-state index contributed by atoms with van der Waals surface area (Å²) in [5.41, 5.74) is 0. The molecule has 1 aliphatic rings. The van der Waals surface area contributed by atoms with Crippen LogP contribution in [-0.2, 0) is 14.3 Å². The average molecular weight is 457 g/mol. The predicted octanol–water partition coefficient (Wildman–Crippen LogP) is 5.04. The minimum atomic E-state index is -0.781. The van der Waals surface area contributed by atoms with Gasteiger partial charge in [0, 0.05) is 30.1 Å². The van der Waals surface area contributed by atoms with E-state index in [0.29, 0.717) is 25.0 Å². The van der Waals surface area contributed by atoms with Crippen molar-refractivity contribution in [3.05, 3.63) is 22.8 Å². The molecule has 178 valence electrons. The summed E-state index contributed by atoms with van der Waals surface area (Å²) >= 11 is 1.56. The SMILES string of the molecule is CCCCC[C@H](O)C=C[C@@H]1C(SCCCCCC(=O)O)=C(OC(=O)CC(C)C)C[C@H]1O. The second-order valence-corrected chi connectivity index (χ2v) is 9.79. The van der Waals surface area contributed by atoms with Crippen molar-refractivity contribution in [2.24, 2.45) is 11.8 Å². The lowest BCUT2D eigenvalue weighted by Gasteiger charge is -2.15. The maximum Gasteiger partial charge on any atom is 0.311 e. The fourth-order valence-corrected chi connectivity index (χ4v) is 4.74. The summed E-state index contributed by atoms with van der Waals surface area (Å²) in [4.78, 5) is 23.7. The van der Waals surface area contributed by atoms with Crippen LogP contribution in [0.1, 0.15) is 85.0 Å². The van der Waals surface area contributed by atoms with Crippen LogP contribution in [0.3, 0.4) is 0 Å². The maximum absolute atomic E-state index is 12.2. The highest BCUT2D eigenvalue weighted by molar-refractivity contribution is 8.03. The Bertz CT molecular complexity index is 613. The summed E-state index contributed by atoms with van der Waals surface area (Å²) in [6, 6.07) is 0. The summed E-state index contributed by atoms with van der Waals surface area (Å²) in [7, 11) is 0. The molecular formula is C24H40O6S. The monoisotopic (exact) mass is 456 g/mol. The molecule has 0 fully saturated rings. The quantitative estimate of drug-likeness (QED) is 0.170. The number of carbonyl (C=O) groups is 2. The van der Waals surface area contributed by atoms with Crippen molar-refractivity contribution in [2.45, 2.75) is 97.2 Å². The number of hydrogen-bond acceptors (Lipinski definition) is 6. The first-order valence-corrected chi connectivity index (χ1v) is 12.6. The first-order chi connectivity index (χ1) is 14.7. The van der Waals surface area contributed by atoms with Crippen LogP contribution in [0, 0.1) is 11.8 Å². The lowest BCUT2D eigenvalue weighted by atomic mass is 10.0. The Morgan fingerprint density at radius 3 is 2.58 bits per heavy atom. The van der Waals surface area contributed by atoms with Crippen molar-refractivity contribution < 1.29 is 29.6 Å². The number of aliphatic hydroxyl groups excluding tert-OH is 2. The van der Waals surface area contributed by atoms with Gasteiger partial charge in [-0.15, -0.1) is 11.8 Å². The number of carboxylic acids is 1. The highest BCUT2D eigenvalue weighted by Crippen LogP contribution is 2.41. The third-order valence-corrected chi connectivity index (χ3v) is 6.44. The Morgan fingerprint density at radius 1 is 1.19 bits per heavy atom. The molecule has 0 saturated heterocycles. The number of carboxylic acid groups (broad SMARTS) is 1. The van der Waals surface area contributed by atoms with E-state index in [1.807, 2.05) is 19.9 Å². The number of carbonyl (C=O) groups excluding carboxylic acids is 1. The molecule has 0 aliphatic heterocycles. The van der Waals surface area contributed by atoms with E-state index in [9.17, 15) is 19.8 Å². The van der Waals surface area contributed by atoms with Crippen molar-refractivity contribution in [3.8, 4) is 0 Å². The smallest absolute Gasteiger partial charge is 0.311 e. The van der Waals surface area contributed by atoms with Crippen LogP contribution in [0.25, 0.3) is 0 Å². The molecule has 6 nitrogen and oxygen atoms in total. The third-order valence-electron chi connectivity index (χ3n) is 5.14. The van der Waals surface area contributed by atoms with Gasteiger partial charge in [-0.1, -0.05) is 58.6 Å². The second kappa shape index (κ2) is 15.5. The summed E-state index contributed by atoms with van der Waals surface area (Å²) in [5.74, 6) is 0.113. The van der Waals surface area contributed by atoms with Gasteiger partial charge in [0.2, 0.25) is 0 Å². The highest BCUT2D eigenvalue weighted by atomic mass is 32.2. The third kappa shape index (κ3) is 11.8. The van der Waals surface area contributed by atoms with E-state index in [0.717, 1.165) is 42.8 Å². The van der Waals surface area contributed by atoms with Gasteiger partial charge in [0.05, 0.1) is 12.2 Å². The maximum atomic E-state index is 12.2. The van der Waals surface area contributed by atoms with E-state index in [-0.39, 0.29) is 30.6 Å². The largest absolute Gasteiger partial charge is 0.481 e. The molecule has 0 amide bonds. The van der Waals surface area contributed by atoms with E-state index in [1.54, 1.807) is 17.8 Å². The molecule has 1 aliphatic carbocycles. The van der Waals surface area contributed by atoms with Gasteiger partial charge in [-0.05, 0) is 30.9 Å². The van der Waals surface area contributed by atoms with Crippen molar-refractivity contribution in [3.63, 3.8) is 0 Å². The van der Waals surface area contributed by atoms with Gasteiger partial charge in [0.1, 0.15) is 5.76 Å². The zero-order valence-corrected chi connectivity index (χ0v) is 20.0. The molecule has 0 aromatic carbocycles. The topological polar surface area (TPSA) is 104 Å². The van der Waals surface area contributed by atoms with E-state index in [1.165, 1.54) is 0 Å². The first-order valence-electron chi connectivity index (χ1n) is 11.6. The van der Waals surface area contributed by atoms with Gasteiger partial charge < -0.3 is 20.1 Å². The number of hydrogen-bond donors (Lipinski definition) is 3. The Hall–Kier alpha value is -1.31. The Balaban J connectivity index is 2.78. The van der Waals surface area contributed by atoms with Crippen LogP contribution >= 0.6 is 11.8 Å². The molecule has 3 N–H and O–H groups in total. The van der Waals surface area contributed by atoms with Gasteiger partial charge in [-0.25, -0.2) is 0 Å². The van der Waals surface area contributed by atoms with Gasteiger partial charge in [0.25, 0.3) is 0 Å². The Morgan fingerprint density at radius 2 is 1.94 bits per heavy atom. The van der Waals surface area contributed by atoms with Crippen LogP contribution in [-0.4, -0.2) is 45.2 Å². The van der Waals surface area contributed by atoms with Crippen LogP contribution in [0.2, 0.25) is 0 Å². The Labute approximate surface area is 191 Å². The van der Waals surface area contributed by atoms with Gasteiger partial charge in [0.15, 0.2) is 0 Å². The zero-order chi connectivity index (χ0) is 23.2. The molecule has 0 spiro atoms. The van der Waals surface area contributed by atoms with E-state index >= 15 is 0 Å².